The van der Waals surface area contributed by atoms with Gasteiger partial charge in [0.05, 0.1) is 5.25 Å². The van der Waals surface area contributed by atoms with Crippen molar-refractivity contribution in [3.05, 3.63) is 30.1 Å². The van der Waals surface area contributed by atoms with Gasteiger partial charge in [0.15, 0.2) is 11.0 Å². The Balaban J connectivity index is 2.23. The number of Topliss-reactive ketones (excluding diaryl/α,β-unsaturated/α-hetero) is 1. The van der Waals surface area contributed by atoms with Crippen molar-refractivity contribution >= 4 is 17.5 Å². The first-order valence-corrected chi connectivity index (χ1v) is 7.25. The maximum Gasteiger partial charge on any atom is 0.191 e. The van der Waals surface area contributed by atoms with Crippen LogP contribution in [-0.2, 0) is 11.8 Å². The molecule has 0 spiro atoms. The summed E-state index contributed by atoms with van der Waals surface area (Å²) < 4.78 is 14.7. The molecule has 0 aliphatic heterocycles. The standard InChI is InChI=1S/C14H16FN3OS/c1-4-12(19)9(2)20-14-17-16-13(18(14)3)10-5-7-11(15)8-6-10/h5-9H,4H2,1-3H3. The van der Waals surface area contributed by atoms with E-state index in [2.05, 4.69) is 10.2 Å². The number of benzene rings is 1. The number of ketones is 1. The molecule has 6 heteroatoms. The smallest absolute Gasteiger partial charge is 0.191 e. The predicted molar refractivity (Wildman–Crippen MR) is 77.0 cm³/mol. The first-order chi connectivity index (χ1) is 9.52. The van der Waals surface area contributed by atoms with Gasteiger partial charge >= 0.3 is 0 Å². The number of carbonyl (C=O) groups excluding carboxylic acids is 1. The van der Waals surface area contributed by atoms with Crippen molar-refractivity contribution < 1.29 is 9.18 Å². The maximum absolute atomic E-state index is 12.9. The molecule has 0 aliphatic rings. The number of aromatic nitrogens is 3. The molecule has 1 aromatic carbocycles. The fourth-order valence-electron chi connectivity index (χ4n) is 1.78. The summed E-state index contributed by atoms with van der Waals surface area (Å²) in [6.45, 7) is 3.71. The number of nitrogens with zero attached hydrogens (tertiary/aromatic N) is 3. The van der Waals surface area contributed by atoms with Crippen molar-refractivity contribution in [2.45, 2.75) is 30.7 Å². The first-order valence-electron chi connectivity index (χ1n) is 6.37. The zero-order valence-corrected chi connectivity index (χ0v) is 12.4. The Hall–Kier alpha value is -1.69. The van der Waals surface area contributed by atoms with Crippen molar-refractivity contribution in [2.24, 2.45) is 7.05 Å². The quantitative estimate of drug-likeness (QED) is 0.795. The zero-order valence-electron chi connectivity index (χ0n) is 11.6. The Morgan fingerprint density at radius 2 is 2.00 bits per heavy atom. The van der Waals surface area contributed by atoms with Crippen molar-refractivity contribution in [1.82, 2.24) is 14.8 Å². The third kappa shape index (κ3) is 3.07. The van der Waals surface area contributed by atoms with Crippen LogP contribution < -0.4 is 0 Å². The van der Waals surface area contributed by atoms with Gasteiger partial charge in [0.25, 0.3) is 0 Å². The Kier molecular flexibility index (Phi) is 4.54. The molecule has 106 valence electrons. The lowest BCUT2D eigenvalue weighted by molar-refractivity contribution is -0.118. The highest BCUT2D eigenvalue weighted by Gasteiger charge is 2.17. The molecule has 0 bridgehead atoms. The van der Waals surface area contributed by atoms with Crippen LogP contribution in [0.5, 0.6) is 0 Å². The van der Waals surface area contributed by atoms with E-state index in [0.717, 1.165) is 5.56 Å². The Morgan fingerprint density at radius 3 is 2.60 bits per heavy atom. The summed E-state index contributed by atoms with van der Waals surface area (Å²) in [5, 5.41) is 8.74. The molecule has 2 aromatic rings. The molecular formula is C14H16FN3OS. The molecule has 0 N–H and O–H groups in total. The third-order valence-electron chi connectivity index (χ3n) is 3.02. The minimum Gasteiger partial charge on any atom is -0.305 e. The van der Waals surface area contributed by atoms with Crippen LogP contribution in [0.4, 0.5) is 4.39 Å². The van der Waals surface area contributed by atoms with E-state index in [0.29, 0.717) is 17.4 Å². The molecule has 20 heavy (non-hydrogen) atoms. The van der Waals surface area contributed by atoms with E-state index in [1.807, 2.05) is 25.5 Å². The minimum absolute atomic E-state index is 0.149. The Labute approximate surface area is 121 Å². The fraction of sp³-hybridized carbons (Fsp3) is 0.357. The van der Waals surface area contributed by atoms with Crippen molar-refractivity contribution in [2.75, 3.05) is 0 Å². The van der Waals surface area contributed by atoms with Gasteiger partial charge in [0, 0.05) is 19.0 Å². The van der Waals surface area contributed by atoms with E-state index >= 15 is 0 Å². The number of rotatable bonds is 5. The van der Waals surface area contributed by atoms with Gasteiger partial charge in [0.2, 0.25) is 0 Å². The summed E-state index contributed by atoms with van der Waals surface area (Å²) in [6, 6.07) is 6.10. The number of halogens is 1. The van der Waals surface area contributed by atoms with E-state index in [4.69, 9.17) is 0 Å². The van der Waals surface area contributed by atoms with Gasteiger partial charge in [-0.2, -0.15) is 0 Å². The highest BCUT2D eigenvalue weighted by Crippen LogP contribution is 2.26. The second-order valence-electron chi connectivity index (χ2n) is 4.45. The number of thioether (sulfide) groups is 1. The van der Waals surface area contributed by atoms with Crippen LogP contribution in [0.2, 0.25) is 0 Å². The highest BCUT2D eigenvalue weighted by molar-refractivity contribution is 8.00. The molecule has 1 atom stereocenters. The van der Waals surface area contributed by atoms with Crippen LogP contribution in [-0.4, -0.2) is 25.8 Å². The van der Waals surface area contributed by atoms with Gasteiger partial charge in [-0.25, -0.2) is 4.39 Å². The predicted octanol–water partition coefficient (Wildman–Crippen LogP) is 3.08. The monoisotopic (exact) mass is 293 g/mol. The van der Waals surface area contributed by atoms with Crippen LogP contribution in [0.1, 0.15) is 20.3 Å². The molecule has 1 heterocycles. The summed E-state index contributed by atoms with van der Waals surface area (Å²) in [6.07, 6.45) is 0.511. The highest BCUT2D eigenvalue weighted by atomic mass is 32.2. The van der Waals surface area contributed by atoms with Crippen molar-refractivity contribution in [3.63, 3.8) is 0 Å². The van der Waals surface area contributed by atoms with E-state index in [-0.39, 0.29) is 16.9 Å². The molecule has 0 fully saturated rings. The van der Waals surface area contributed by atoms with Crippen molar-refractivity contribution in [1.29, 1.82) is 0 Å². The van der Waals surface area contributed by atoms with Crippen molar-refractivity contribution in [3.8, 4) is 11.4 Å². The largest absolute Gasteiger partial charge is 0.305 e. The molecule has 0 saturated carbocycles. The lowest BCUT2D eigenvalue weighted by Gasteiger charge is -2.08. The zero-order chi connectivity index (χ0) is 14.7. The average molecular weight is 293 g/mol. The van der Waals surface area contributed by atoms with E-state index in [1.54, 1.807) is 12.1 Å². The van der Waals surface area contributed by atoms with Crippen LogP contribution in [0, 0.1) is 5.82 Å². The van der Waals surface area contributed by atoms with Crippen LogP contribution in [0.3, 0.4) is 0 Å². The fourth-order valence-corrected chi connectivity index (χ4v) is 2.73. The number of carbonyl (C=O) groups is 1. The van der Waals surface area contributed by atoms with E-state index in [1.165, 1.54) is 23.9 Å². The van der Waals surface area contributed by atoms with Gasteiger partial charge in [-0.05, 0) is 31.2 Å². The summed E-state index contributed by atoms with van der Waals surface area (Å²) >= 11 is 1.39. The molecule has 0 aliphatic carbocycles. The molecule has 0 saturated heterocycles. The maximum atomic E-state index is 12.9. The van der Waals surface area contributed by atoms with Gasteiger partial charge in [0.1, 0.15) is 11.6 Å². The lowest BCUT2D eigenvalue weighted by Crippen LogP contribution is -2.12. The minimum atomic E-state index is -0.285. The van der Waals surface area contributed by atoms with Crippen LogP contribution in [0.15, 0.2) is 29.4 Å². The Morgan fingerprint density at radius 1 is 1.35 bits per heavy atom. The second-order valence-corrected chi connectivity index (χ2v) is 5.76. The van der Waals surface area contributed by atoms with Crippen LogP contribution in [0.25, 0.3) is 11.4 Å². The molecule has 1 aromatic heterocycles. The summed E-state index contributed by atoms with van der Waals surface area (Å²) in [7, 11) is 1.84. The first kappa shape index (κ1) is 14.7. The second kappa shape index (κ2) is 6.17. The van der Waals surface area contributed by atoms with Crippen LogP contribution >= 0.6 is 11.8 Å². The average Bonchev–Trinajstić information content (AvgIpc) is 2.80. The molecule has 0 radical (unpaired) electrons. The molecule has 0 amide bonds. The van der Waals surface area contributed by atoms with E-state index in [9.17, 15) is 9.18 Å². The summed E-state index contributed by atoms with van der Waals surface area (Å²) in [5.74, 6) is 0.553. The van der Waals surface area contributed by atoms with Gasteiger partial charge in [-0.1, -0.05) is 18.7 Å². The Bertz CT molecular complexity index is 609. The molecule has 2 rings (SSSR count). The van der Waals surface area contributed by atoms with E-state index < -0.39 is 0 Å². The molecular weight excluding hydrogens is 277 g/mol. The molecule has 4 nitrogen and oxygen atoms in total. The number of hydrogen-bond acceptors (Lipinski definition) is 4. The van der Waals surface area contributed by atoms with Gasteiger partial charge in [-0.15, -0.1) is 10.2 Å². The van der Waals surface area contributed by atoms with Gasteiger partial charge < -0.3 is 4.57 Å². The number of hydrogen-bond donors (Lipinski definition) is 0. The normalized spacial score (nSPS) is 12.4. The van der Waals surface area contributed by atoms with Gasteiger partial charge in [-0.3, -0.25) is 4.79 Å². The molecule has 1 unspecified atom stereocenters. The lowest BCUT2D eigenvalue weighted by atomic mass is 10.2. The summed E-state index contributed by atoms with van der Waals surface area (Å²) in [4.78, 5) is 11.6. The third-order valence-corrected chi connectivity index (χ3v) is 4.20. The topological polar surface area (TPSA) is 47.8 Å². The SMILES string of the molecule is CCC(=O)C(C)Sc1nnc(-c2ccc(F)cc2)n1C. The summed E-state index contributed by atoms with van der Waals surface area (Å²) in [5.41, 5.74) is 0.794.